The molecule has 0 aliphatic heterocycles. The van der Waals surface area contributed by atoms with E-state index in [1.165, 1.54) is 18.2 Å². The second-order valence-corrected chi connectivity index (χ2v) is 6.81. The molecule has 0 fully saturated rings. The van der Waals surface area contributed by atoms with E-state index in [2.05, 4.69) is 14.7 Å². The van der Waals surface area contributed by atoms with Crippen LogP contribution in [0, 0.1) is 5.95 Å². The van der Waals surface area contributed by atoms with Crippen LogP contribution in [0.15, 0.2) is 23.1 Å². The number of aromatic nitrogens is 2. The molecule has 0 radical (unpaired) electrons. The zero-order valence-electron chi connectivity index (χ0n) is 12.7. The predicted octanol–water partition coefficient (Wildman–Crippen LogP) is 2.52. The third-order valence-electron chi connectivity index (χ3n) is 2.83. The van der Waals surface area contributed by atoms with Gasteiger partial charge in [-0.15, -0.1) is 0 Å². The first kappa shape index (κ1) is 19.2. The molecule has 25 heavy (non-hydrogen) atoms. The molecule has 12 heteroatoms. The summed E-state index contributed by atoms with van der Waals surface area (Å²) >= 11 is 11.7. The van der Waals surface area contributed by atoms with Crippen molar-refractivity contribution in [3.8, 4) is 5.88 Å². The van der Waals surface area contributed by atoms with Crippen LogP contribution in [-0.2, 0) is 14.8 Å². The van der Waals surface area contributed by atoms with Crippen molar-refractivity contribution in [1.29, 1.82) is 0 Å². The van der Waals surface area contributed by atoms with E-state index in [9.17, 15) is 17.6 Å². The van der Waals surface area contributed by atoms with Crippen LogP contribution in [-0.4, -0.2) is 38.6 Å². The van der Waals surface area contributed by atoms with Crippen LogP contribution in [0.4, 0.5) is 10.2 Å². The summed E-state index contributed by atoms with van der Waals surface area (Å²) in [6.45, 7) is 0. The molecule has 1 aromatic heterocycles. The smallest absolute Gasteiger partial charge is 0.361 e. The summed E-state index contributed by atoms with van der Waals surface area (Å²) in [4.78, 5) is 18.0. The highest BCUT2D eigenvalue weighted by Crippen LogP contribution is 2.31. The Labute approximate surface area is 151 Å². The standard InChI is InChI=1S/C13H10Cl2FN3O5S/c1-23-12-11(18-10(16)9(17-12)13(20)24-2)19-25(21,22)7-5-3-4-6(14)8(7)15/h3-5H,1-2H3,(H,18,19). The van der Waals surface area contributed by atoms with Gasteiger partial charge in [-0.1, -0.05) is 29.3 Å². The Balaban J connectivity index is 2.51. The van der Waals surface area contributed by atoms with E-state index in [0.717, 1.165) is 14.2 Å². The number of hydrogen-bond acceptors (Lipinski definition) is 7. The Bertz CT molecular complexity index is 940. The number of ether oxygens (including phenoxy) is 2. The molecule has 0 saturated carbocycles. The average Bonchev–Trinajstić information content (AvgIpc) is 2.56. The summed E-state index contributed by atoms with van der Waals surface area (Å²) < 4.78 is 50.0. The van der Waals surface area contributed by atoms with Crippen molar-refractivity contribution in [2.24, 2.45) is 0 Å². The molecular formula is C13H10Cl2FN3O5S. The van der Waals surface area contributed by atoms with Crippen molar-refractivity contribution in [2.75, 3.05) is 18.9 Å². The largest absolute Gasteiger partial charge is 0.478 e. The second-order valence-electron chi connectivity index (χ2n) is 4.37. The average molecular weight is 410 g/mol. The third-order valence-corrected chi connectivity index (χ3v) is 5.14. The predicted molar refractivity (Wildman–Crippen MR) is 87.2 cm³/mol. The van der Waals surface area contributed by atoms with Gasteiger partial charge in [0.2, 0.25) is 17.5 Å². The van der Waals surface area contributed by atoms with Crippen LogP contribution in [0.25, 0.3) is 0 Å². The lowest BCUT2D eigenvalue weighted by Crippen LogP contribution is -2.18. The minimum atomic E-state index is -4.29. The molecule has 0 bridgehead atoms. The van der Waals surface area contributed by atoms with E-state index in [1.54, 1.807) is 0 Å². The highest BCUT2D eigenvalue weighted by Gasteiger charge is 2.26. The first-order valence-corrected chi connectivity index (χ1v) is 8.61. The van der Waals surface area contributed by atoms with Crippen molar-refractivity contribution in [3.05, 3.63) is 39.9 Å². The topological polar surface area (TPSA) is 107 Å². The minimum absolute atomic E-state index is 0.00908. The lowest BCUT2D eigenvalue weighted by Gasteiger charge is -2.12. The molecular weight excluding hydrogens is 400 g/mol. The number of nitrogens with zero attached hydrogens (tertiary/aromatic N) is 2. The Morgan fingerprint density at radius 3 is 2.52 bits per heavy atom. The van der Waals surface area contributed by atoms with E-state index in [0.29, 0.717) is 0 Å². The minimum Gasteiger partial charge on any atom is -0.478 e. The van der Waals surface area contributed by atoms with Crippen LogP contribution in [0.3, 0.4) is 0 Å². The Morgan fingerprint density at radius 2 is 1.92 bits per heavy atom. The number of sulfonamides is 1. The van der Waals surface area contributed by atoms with Gasteiger partial charge >= 0.3 is 5.97 Å². The van der Waals surface area contributed by atoms with E-state index >= 15 is 0 Å². The summed E-state index contributed by atoms with van der Waals surface area (Å²) in [5, 5.41) is -0.218. The summed E-state index contributed by atoms with van der Waals surface area (Å²) in [6, 6.07) is 3.95. The number of halogens is 3. The molecule has 1 heterocycles. The van der Waals surface area contributed by atoms with Gasteiger partial charge in [-0.3, -0.25) is 4.72 Å². The number of hydrogen-bond donors (Lipinski definition) is 1. The molecule has 134 valence electrons. The SMILES string of the molecule is COC(=O)c1nc(OC)c(NS(=O)(=O)c2cccc(Cl)c2Cl)nc1F. The fourth-order valence-corrected chi connectivity index (χ4v) is 3.47. The molecule has 0 aliphatic rings. The van der Waals surface area contributed by atoms with Gasteiger partial charge in [-0.05, 0) is 12.1 Å². The Kier molecular flexibility index (Phi) is 5.65. The van der Waals surface area contributed by atoms with Crippen LogP contribution < -0.4 is 9.46 Å². The van der Waals surface area contributed by atoms with Gasteiger partial charge in [0.15, 0.2) is 0 Å². The summed E-state index contributed by atoms with van der Waals surface area (Å²) in [5.41, 5.74) is -0.761. The highest BCUT2D eigenvalue weighted by atomic mass is 35.5. The Hall–Kier alpha value is -2.17. The molecule has 0 saturated heterocycles. The van der Waals surface area contributed by atoms with Gasteiger partial charge < -0.3 is 9.47 Å². The molecule has 0 unspecified atom stereocenters. The molecule has 0 aliphatic carbocycles. The van der Waals surface area contributed by atoms with Crippen LogP contribution >= 0.6 is 23.2 Å². The molecule has 0 atom stereocenters. The molecule has 1 aromatic carbocycles. The molecule has 0 amide bonds. The van der Waals surface area contributed by atoms with Crippen molar-refractivity contribution >= 4 is 45.0 Å². The number of benzene rings is 1. The van der Waals surface area contributed by atoms with Gasteiger partial charge in [-0.25, -0.2) is 13.2 Å². The number of carbonyl (C=O) groups excluding carboxylic acids is 1. The maximum atomic E-state index is 13.9. The quantitative estimate of drug-likeness (QED) is 0.755. The van der Waals surface area contributed by atoms with Crippen LogP contribution in [0.5, 0.6) is 5.88 Å². The van der Waals surface area contributed by atoms with Crippen LogP contribution in [0.2, 0.25) is 10.0 Å². The summed E-state index contributed by atoms with van der Waals surface area (Å²) in [7, 11) is -2.13. The van der Waals surface area contributed by atoms with Gasteiger partial charge in [0.05, 0.1) is 24.3 Å². The number of carbonyl (C=O) groups is 1. The maximum absolute atomic E-state index is 13.9. The number of methoxy groups -OCH3 is 2. The number of rotatable bonds is 5. The van der Waals surface area contributed by atoms with Gasteiger partial charge in [0, 0.05) is 0 Å². The normalized spacial score (nSPS) is 11.1. The number of nitrogens with one attached hydrogen (secondary N) is 1. The molecule has 2 aromatic rings. The van der Waals surface area contributed by atoms with Crippen molar-refractivity contribution in [3.63, 3.8) is 0 Å². The molecule has 8 nitrogen and oxygen atoms in total. The van der Waals surface area contributed by atoms with Crippen molar-refractivity contribution < 1.29 is 27.1 Å². The summed E-state index contributed by atoms with van der Waals surface area (Å²) in [5.74, 6) is -3.47. The number of esters is 1. The first-order chi connectivity index (χ1) is 11.7. The molecule has 1 N–H and O–H groups in total. The van der Waals surface area contributed by atoms with Gasteiger partial charge in [0.25, 0.3) is 15.9 Å². The fourth-order valence-electron chi connectivity index (χ4n) is 1.71. The van der Waals surface area contributed by atoms with E-state index < -0.39 is 39.3 Å². The van der Waals surface area contributed by atoms with Crippen molar-refractivity contribution in [1.82, 2.24) is 9.97 Å². The molecule has 0 spiro atoms. The zero-order valence-corrected chi connectivity index (χ0v) is 15.0. The fraction of sp³-hybridized carbons (Fsp3) is 0.154. The lowest BCUT2D eigenvalue weighted by atomic mass is 10.4. The lowest BCUT2D eigenvalue weighted by molar-refractivity contribution is 0.0586. The van der Waals surface area contributed by atoms with Crippen molar-refractivity contribution in [2.45, 2.75) is 4.90 Å². The number of anilines is 1. The van der Waals surface area contributed by atoms with E-state index in [1.807, 2.05) is 4.72 Å². The maximum Gasteiger partial charge on any atom is 0.361 e. The summed E-state index contributed by atoms with van der Waals surface area (Å²) in [6.07, 6.45) is 0. The third kappa shape index (κ3) is 3.91. The Morgan fingerprint density at radius 1 is 1.24 bits per heavy atom. The van der Waals surface area contributed by atoms with E-state index in [4.69, 9.17) is 27.9 Å². The highest BCUT2D eigenvalue weighted by molar-refractivity contribution is 7.92. The second kappa shape index (κ2) is 7.38. The van der Waals surface area contributed by atoms with Gasteiger partial charge in [-0.2, -0.15) is 14.4 Å². The van der Waals surface area contributed by atoms with Gasteiger partial charge in [0.1, 0.15) is 4.90 Å². The molecule has 2 rings (SSSR count). The van der Waals surface area contributed by atoms with Crippen LogP contribution in [0.1, 0.15) is 10.5 Å². The zero-order chi connectivity index (χ0) is 18.8. The first-order valence-electron chi connectivity index (χ1n) is 6.38. The monoisotopic (exact) mass is 409 g/mol. The van der Waals surface area contributed by atoms with E-state index in [-0.39, 0.29) is 14.9 Å².